The molecule has 0 bridgehead atoms. The van der Waals surface area contributed by atoms with Crippen molar-refractivity contribution in [1.82, 2.24) is 0 Å². The van der Waals surface area contributed by atoms with Gasteiger partial charge in [-0.2, -0.15) is 0 Å². The van der Waals surface area contributed by atoms with Gasteiger partial charge in [0.05, 0.1) is 12.1 Å². The highest BCUT2D eigenvalue weighted by Crippen LogP contribution is 2.38. The number of rotatable bonds is 3. The van der Waals surface area contributed by atoms with Crippen molar-refractivity contribution in [3.8, 4) is 5.75 Å². The predicted octanol–water partition coefficient (Wildman–Crippen LogP) is 3.06. The Balaban J connectivity index is 3.41. The molecule has 1 rings (SSSR count). The van der Waals surface area contributed by atoms with Crippen molar-refractivity contribution in [2.75, 3.05) is 13.7 Å². The van der Waals surface area contributed by atoms with Crippen LogP contribution in [0.2, 0.25) is 5.02 Å². The van der Waals surface area contributed by atoms with Gasteiger partial charge in [-0.05, 0) is 25.0 Å². The molecule has 0 saturated heterocycles. The average molecular weight is 229 g/mol. The summed E-state index contributed by atoms with van der Waals surface area (Å²) in [5, 5.41) is 9.83. The third kappa shape index (κ3) is 2.27. The molecule has 0 heterocycles. The maximum atomic E-state index is 9.19. The lowest BCUT2D eigenvalue weighted by Crippen LogP contribution is -2.05. The molecule has 1 aromatic carbocycles. The normalized spacial score (nSPS) is 12.7. The molecule has 0 aliphatic rings. The molecule has 0 spiro atoms. The summed E-state index contributed by atoms with van der Waals surface area (Å²) in [7, 11) is 1.60. The smallest absolute Gasteiger partial charge is 0.141 e. The molecule has 3 heteroatoms. The van der Waals surface area contributed by atoms with Crippen LogP contribution in [0.4, 0.5) is 0 Å². The lowest BCUT2D eigenvalue weighted by molar-refractivity contribution is 0.269. The Bertz CT molecular complexity index is 361. The van der Waals surface area contributed by atoms with Gasteiger partial charge < -0.3 is 9.84 Å². The van der Waals surface area contributed by atoms with Gasteiger partial charge >= 0.3 is 0 Å². The molecule has 0 aromatic heterocycles. The van der Waals surface area contributed by atoms with Crippen LogP contribution in [0.5, 0.6) is 5.75 Å². The van der Waals surface area contributed by atoms with E-state index >= 15 is 0 Å². The molecule has 0 radical (unpaired) electrons. The van der Waals surface area contributed by atoms with Gasteiger partial charge in [-0.3, -0.25) is 0 Å². The Labute approximate surface area is 95.8 Å². The Morgan fingerprint density at radius 3 is 2.47 bits per heavy atom. The fraction of sp³-hybridized carbons (Fsp3) is 0.500. The van der Waals surface area contributed by atoms with Crippen LogP contribution in [-0.4, -0.2) is 18.8 Å². The van der Waals surface area contributed by atoms with E-state index in [1.165, 1.54) is 0 Å². The van der Waals surface area contributed by atoms with Gasteiger partial charge in [-0.15, -0.1) is 0 Å². The van der Waals surface area contributed by atoms with Crippen LogP contribution in [-0.2, 0) is 0 Å². The first kappa shape index (κ1) is 12.3. The summed E-state index contributed by atoms with van der Waals surface area (Å²) < 4.78 is 5.32. The molecule has 2 nitrogen and oxygen atoms in total. The lowest BCUT2D eigenvalue weighted by atomic mass is 9.94. The number of hydrogen-bond acceptors (Lipinski definition) is 2. The molecule has 0 aliphatic carbocycles. The Morgan fingerprint density at radius 1 is 1.40 bits per heavy atom. The highest BCUT2D eigenvalue weighted by Gasteiger charge is 2.18. The van der Waals surface area contributed by atoms with E-state index in [1.54, 1.807) is 7.11 Å². The van der Waals surface area contributed by atoms with Gasteiger partial charge in [-0.25, -0.2) is 0 Å². The second-order valence-corrected chi connectivity index (χ2v) is 4.23. The third-order valence-corrected chi connectivity index (χ3v) is 3.09. The van der Waals surface area contributed by atoms with Crippen LogP contribution in [0.25, 0.3) is 0 Å². The second kappa shape index (κ2) is 4.86. The largest absolute Gasteiger partial charge is 0.495 e. The van der Waals surface area contributed by atoms with Gasteiger partial charge in [0.2, 0.25) is 0 Å². The Morgan fingerprint density at radius 2 is 2.00 bits per heavy atom. The van der Waals surface area contributed by atoms with Crippen molar-refractivity contribution >= 4 is 11.6 Å². The van der Waals surface area contributed by atoms with E-state index in [1.807, 2.05) is 26.8 Å². The minimum atomic E-state index is 0.0399. The van der Waals surface area contributed by atoms with E-state index < -0.39 is 0 Å². The highest BCUT2D eigenvalue weighted by atomic mass is 35.5. The van der Waals surface area contributed by atoms with Gasteiger partial charge in [0.1, 0.15) is 5.75 Å². The summed E-state index contributed by atoms with van der Waals surface area (Å²) in [6.45, 7) is 6.01. The maximum Gasteiger partial charge on any atom is 0.141 e. The zero-order valence-electron chi connectivity index (χ0n) is 9.60. The van der Waals surface area contributed by atoms with E-state index in [4.69, 9.17) is 16.3 Å². The maximum absolute atomic E-state index is 9.19. The monoisotopic (exact) mass is 228 g/mol. The third-order valence-electron chi connectivity index (χ3n) is 2.62. The molecule has 84 valence electrons. The van der Waals surface area contributed by atoms with Crippen LogP contribution < -0.4 is 4.74 Å². The fourth-order valence-electron chi connectivity index (χ4n) is 1.85. The van der Waals surface area contributed by atoms with E-state index in [2.05, 4.69) is 0 Å². The Hall–Kier alpha value is -0.730. The quantitative estimate of drug-likeness (QED) is 0.862. The van der Waals surface area contributed by atoms with Crippen molar-refractivity contribution < 1.29 is 9.84 Å². The van der Waals surface area contributed by atoms with Crippen LogP contribution in [0.1, 0.15) is 29.5 Å². The van der Waals surface area contributed by atoms with Gasteiger partial charge in [0.25, 0.3) is 0 Å². The molecule has 0 aliphatic heterocycles. The number of ether oxygens (including phenoxy) is 1. The molecule has 0 amide bonds. The predicted molar refractivity (Wildman–Crippen MR) is 63.0 cm³/mol. The van der Waals surface area contributed by atoms with Crippen molar-refractivity contribution in [2.45, 2.75) is 26.7 Å². The minimum absolute atomic E-state index is 0.0399. The van der Waals surface area contributed by atoms with Crippen LogP contribution in [0.3, 0.4) is 0 Å². The first-order chi connectivity index (χ1) is 7.02. The first-order valence-electron chi connectivity index (χ1n) is 4.97. The molecular formula is C12H17ClO2. The number of halogens is 1. The molecule has 1 unspecified atom stereocenters. The topological polar surface area (TPSA) is 29.5 Å². The van der Waals surface area contributed by atoms with Gasteiger partial charge in [0.15, 0.2) is 0 Å². The summed E-state index contributed by atoms with van der Waals surface area (Å²) in [5.41, 5.74) is 3.10. The lowest BCUT2D eigenvalue weighted by Gasteiger charge is -2.19. The van der Waals surface area contributed by atoms with Gasteiger partial charge in [0, 0.05) is 18.1 Å². The van der Waals surface area contributed by atoms with E-state index in [0.29, 0.717) is 10.8 Å². The van der Waals surface area contributed by atoms with E-state index in [9.17, 15) is 5.11 Å². The molecule has 1 aromatic rings. The second-order valence-electron chi connectivity index (χ2n) is 3.85. The number of hydrogen-bond donors (Lipinski definition) is 1. The standard InChI is InChI=1S/C12H17ClO2/c1-7-5-8(2)11(13)12(15-4)10(7)9(3)6-14/h5,9,14H,6H2,1-4H3. The number of benzene rings is 1. The Kier molecular flexibility index (Phi) is 4.00. The first-order valence-corrected chi connectivity index (χ1v) is 5.35. The summed E-state index contributed by atoms with van der Waals surface area (Å²) in [6, 6.07) is 2.02. The van der Waals surface area contributed by atoms with Crippen molar-refractivity contribution in [3.63, 3.8) is 0 Å². The van der Waals surface area contributed by atoms with E-state index in [0.717, 1.165) is 16.7 Å². The number of aliphatic hydroxyl groups excluding tert-OH is 1. The zero-order valence-corrected chi connectivity index (χ0v) is 10.4. The SMILES string of the molecule is COc1c(Cl)c(C)cc(C)c1C(C)CO. The fourth-order valence-corrected chi connectivity index (χ4v) is 2.08. The minimum Gasteiger partial charge on any atom is -0.495 e. The van der Waals surface area contributed by atoms with Gasteiger partial charge in [-0.1, -0.05) is 24.6 Å². The average Bonchev–Trinajstić information content (AvgIpc) is 2.21. The molecule has 1 atom stereocenters. The van der Waals surface area contributed by atoms with E-state index in [-0.39, 0.29) is 12.5 Å². The molecule has 1 N–H and O–H groups in total. The van der Waals surface area contributed by atoms with Crippen LogP contribution in [0, 0.1) is 13.8 Å². The summed E-state index contributed by atoms with van der Waals surface area (Å²) >= 11 is 6.16. The van der Waals surface area contributed by atoms with Crippen molar-refractivity contribution in [3.05, 3.63) is 27.8 Å². The highest BCUT2D eigenvalue weighted by molar-refractivity contribution is 6.33. The number of methoxy groups -OCH3 is 1. The summed E-state index contributed by atoms with van der Waals surface area (Å²) in [6.07, 6.45) is 0. The molecule has 15 heavy (non-hydrogen) atoms. The van der Waals surface area contributed by atoms with Crippen molar-refractivity contribution in [1.29, 1.82) is 0 Å². The summed E-state index contributed by atoms with van der Waals surface area (Å²) in [4.78, 5) is 0. The molecule has 0 fully saturated rings. The van der Waals surface area contributed by atoms with Crippen molar-refractivity contribution in [2.24, 2.45) is 0 Å². The van der Waals surface area contributed by atoms with Crippen LogP contribution in [0.15, 0.2) is 6.07 Å². The molecule has 0 saturated carbocycles. The van der Waals surface area contributed by atoms with Crippen LogP contribution >= 0.6 is 11.6 Å². The number of aliphatic hydroxyl groups is 1. The number of aryl methyl sites for hydroxylation is 2. The zero-order chi connectivity index (χ0) is 11.6. The summed E-state index contributed by atoms with van der Waals surface area (Å²) in [5.74, 6) is 0.730. The molecular weight excluding hydrogens is 212 g/mol.